The summed E-state index contributed by atoms with van der Waals surface area (Å²) in [4.78, 5) is 10.7. The first kappa shape index (κ1) is 10.8. The van der Waals surface area contributed by atoms with E-state index in [0.29, 0.717) is 5.02 Å². The largest absolute Gasteiger partial charge is 0.352 e. The van der Waals surface area contributed by atoms with Crippen LogP contribution in [-0.4, -0.2) is 12.6 Å². The van der Waals surface area contributed by atoms with Gasteiger partial charge in [0.25, 0.3) is 0 Å². The molecule has 0 radical (unpaired) electrons. The molecule has 2 amide bonds. The summed E-state index contributed by atoms with van der Waals surface area (Å²) in [6.45, 7) is 0.257. The van der Waals surface area contributed by atoms with Crippen molar-refractivity contribution in [2.45, 2.75) is 6.04 Å². The molecule has 5 N–H and O–H groups in total. The van der Waals surface area contributed by atoms with Crippen LogP contribution in [0.5, 0.6) is 0 Å². The van der Waals surface area contributed by atoms with Gasteiger partial charge < -0.3 is 16.8 Å². The van der Waals surface area contributed by atoms with E-state index in [4.69, 9.17) is 23.1 Å². The molecule has 1 aromatic carbocycles. The second kappa shape index (κ2) is 4.83. The summed E-state index contributed by atoms with van der Waals surface area (Å²) < 4.78 is 0. The molecule has 1 rings (SSSR count). The van der Waals surface area contributed by atoms with Crippen molar-refractivity contribution in [3.05, 3.63) is 34.9 Å². The molecule has 0 fully saturated rings. The molecule has 4 nitrogen and oxygen atoms in total. The Hall–Kier alpha value is -1.26. The average Bonchev–Trinajstić information content (AvgIpc) is 2.15. The van der Waals surface area contributed by atoms with Gasteiger partial charge in [-0.15, -0.1) is 0 Å². The molecular weight excluding hydrogens is 202 g/mol. The van der Waals surface area contributed by atoms with Crippen molar-refractivity contribution in [2.75, 3.05) is 6.54 Å². The number of rotatable bonds is 3. The second-order valence-corrected chi connectivity index (χ2v) is 3.23. The van der Waals surface area contributed by atoms with Gasteiger partial charge in [-0.2, -0.15) is 0 Å². The van der Waals surface area contributed by atoms with Crippen molar-refractivity contribution in [1.29, 1.82) is 0 Å². The lowest BCUT2D eigenvalue weighted by Crippen LogP contribution is -2.37. The van der Waals surface area contributed by atoms with Crippen LogP contribution in [0.25, 0.3) is 0 Å². The van der Waals surface area contributed by atoms with Gasteiger partial charge in [-0.3, -0.25) is 0 Å². The molecule has 0 heterocycles. The van der Waals surface area contributed by atoms with Crippen molar-refractivity contribution < 1.29 is 4.79 Å². The van der Waals surface area contributed by atoms with E-state index in [-0.39, 0.29) is 12.6 Å². The first-order valence-electron chi connectivity index (χ1n) is 4.15. The summed E-state index contributed by atoms with van der Waals surface area (Å²) in [5.74, 6) is 0. The second-order valence-electron chi connectivity index (χ2n) is 2.82. The van der Waals surface area contributed by atoms with E-state index in [0.717, 1.165) is 5.56 Å². The van der Waals surface area contributed by atoms with Crippen LogP contribution in [0.1, 0.15) is 11.6 Å². The predicted octanol–water partition coefficient (Wildman–Crippen LogP) is 1.01. The Morgan fingerprint density at radius 2 is 2.14 bits per heavy atom. The summed E-state index contributed by atoms with van der Waals surface area (Å²) in [5, 5.41) is 3.08. The summed E-state index contributed by atoms with van der Waals surface area (Å²) in [6, 6.07) is 6.23. The van der Waals surface area contributed by atoms with Gasteiger partial charge >= 0.3 is 6.03 Å². The van der Waals surface area contributed by atoms with Gasteiger partial charge in [0, 0.05) is 11.6 Å². The number of carbonyl (C=O) groups excluding carboxylic acids is 1. The number of amides is 2. The van der Waals surface area contributed by atoms with Crippen LogP contribution in [0, 0.1) is 0 Å². The molecule has 0 spiro atoms. The SMILES string of the molecule is NCC(NC(N)=O)c1ccccc1Cl. The fourth-order valence-corrected chi connectivity index (χ4v) is 1.46. The zero-order chi connectivity index (χ0) is 10.6. The van der Waals surface area contributed by atoms with Gasteiger partial charge in [0.2, 0.25) is 0 Å². The maximum absolute atomic E-state index is 10.7. The molecule has 0 bridgehead atoms. The van der Waals surface area contributed by atoms with Gasteiger partial charge in [0.05, 0.1) is 6.04 Å². The molecule has 14 heavy (non-hydrogen) atoms. The molecule has 1 atom stereocenters. The molecule has 0 aliphatic heterocycles. The van der Waals surface area contributed by atoms with E-state index < -0.39 is 6.03 Å². The van der Waals surface area contributed by atoms with Gasteiger partial charge in [0.1, 0.15) is 0 Å². The zero-order valence-corrected chi connectivity index (χ0v) is 8.29. The van der Waals surface area contributed by atoms with Crippen LogP contribution >= 0.6 is 11.6 Å². The smallest absolute Gasteiger partial charge is 0.312 e. The number of nitrogens with two attached hydrogens (primary N) is 2. The van der Waals surface area contributed by atoms with E-state index in [1.165, 1.54) is 0 Å². The summed E-state index contributed by atoms with van der Waals surface area (Å²) >= 11 is 5.93. The molecule has 0 saturated carbocycles. The number of hydrogen-bond donors (Lipinski definition) is 3. The predicted molar refractivity (Wildman–Crippen MR) is 56.0 cm³/mol. The van der Waals surface area contributed by atoms with Gasteiger partial charge in [0.15, 0.2) is 0 Å². The third-order valence-electron chi connectivity index (χ3n) is 1.83. The minimum absolute atomic E-state index is 0.257. The Morgan fingerprint density at radius 3 is 2.64 bits per heavy atom. The van der Waals surface area contributed by atoms with Crippen molar-refractivity contribution >= 4 is 17.6 Å². The maximum Gasteiger partial charge on any atom is 0.312 e. The monoisotopic (exact) mass is 213 g/mol. The molecule has 0 aliphatic rings. The van der Waals surface area contributed by atoms with Crippen LogP contribution in [0.2, 0.25) is 5.02 Å². The topological polar surface area (TPSA) is 81.1 Å². The molecule has 5 heteroatoms. The fourth-order valence-electron chi connectivity index (χ4n) is 1.19. The van der Waals surface area contributed by atoms with E-state index in [9.17, 15) is 4.79 Å². The summed E-state index contributed by atoms with van der Waals surface area (Å²) in [6.07, 6.45) is 0. The minimum Gasteiger partial charge on any atom is -0.352 e. The molecule has 0 saturated heterocycles. The summed E-state index contributed by atoms with van der Waals surface area (Å²) in [5.41, 5.74) is 11.3. The zero-order valence-electron chi connectivity index (χ0n) is 7.53. The lowest BCUT2D eigenvalue weighted by Gasteiger charge is -2.16. The quantitative estimate of drug-likeness (QED) is 0.701. The number of hydrogen-bond acceptors (Lipinski definition) is 2. The number of benzene rings is 1. The number of nitrogens with one attached hydrogen (secondary N) is 1. The van der Waals surface area contributed by atoms with Crippen molar-refractivity contribution in [3.63, 3.8) is 0 Å². The third-order valence-corrected chi connectivity index (χ3v) is 2.18. The fraction of sp³-hybridized carbons (Fsp3) is 0.222. The van der Waals surface area contributed by atoms with E-state index >= 15 is 0 Å². The van der Waals surface area contributed by atoms with Crippen molar-refractivity contribution in [2.24, 2.45) is 11.5 Å². The standard InChI is InChI=1S/C9H12ClN3O/c10-7-4-2-1-3-6(7)8(5-11)13-9(12)14/h1-4,8H,5,11H2,(H3,12,13,14). The van der Waals surface area contributed by atoms with Crippen LogP contribution in [0.15, 0.2) is 24.3 Å². The molecule has 1 unspecified atom stereocenters. The van der Waals surface area contributed by atoms with Gasteiger partial charge in [-0.25, -0.2) is 4.79 Å². The molecule has 1 aromatic rings. The Bertz CT molecular complexity index is 330. The molecule has 76 valence electrons. The highest BCUT2D eigenvalue weighted by molar-refractivity contribution is 6.31. The molecule has 0 aliphatic carbocycles. The molecular formula is C9H12ClN3O. The minimum atomic E-state index is -0.611. The van der Waals surface area contributed by atoms with E-state index in [1.54, 1.807) is 12.1 Å². The molecule has 0 aromatic heterocycles. The first-order chi connectivity index (χ1) is 6.65. The van der Waals surface area contributed by atoms with Gasteiger partial charge in [-0.05, 0) is 11.6 Å². The van der Waals surface area contributed by atoms with Gasteiger partial charge in [-0.1, -0.05) is 29.8 Å². The number of halogens is 1. The van der Waals surface area contributed by atoms with E-state index in [2.05, 4.69) is 5.32 Å². The van der Waals surface area contributed by atoms with Crippen molar-refractivity contribution in [1.82, 2.24) is 5.32 Å². The van der Waals surface area contributed by atoms with Crippen molar-refractivity contribution in [3.8, 4) is 0 Å². The Morgan fingerprint density at radius 1 is 1.50 bits per heavy atom. The Labute approximate surface area is 87.2 Å². The third kappa shape index (κ3) is 2.61. The lowest BCUT2D eigenvalue weighted by molar-refractivity contribution is 0.245. The normalized spacial score (nSPS) is 12.1. The first-order valence-corrected chi connectivity index (χ1v) is 4.53. The summed E-state index contributed by atoms with van der Waals surface area (Å²) in [7, 11) is 0. The highest BCUT2D eigenvalue weighted by atomic mass is 35.5. The van der Waals surface area contributed by atoms with Crippen LogP contribution in [0.4, 0.5) is 4.79 Å². The number of urea groups is 1. The highest BCUT2D eigenvalue weighted by Crippen LogP contribution is 2.21. The number of carbonyl (C=O) groups is 1. The van der Waals surface area contributed by atoms with E-state index in [1.807, 2.05) is 12.1 Å². The highest BCUT2D eigenvalue weighted by Gasteiger charge is 2.13. The van der Waals surface area contributed by atoms with Crippen LogP contribution < -0.4 is 16.8 Å². The average molecular weight is 214 g/mol. The maximum atomic E-state index is 10.7. The Kier molecular flexibility index (Phi) is 3.73. The number of primary amides is 1. The Balaban J connectivity index is 2.89. The van der Waals surface area contributed by atoms with Crippen LogP contribution in [-0.2, 0) is 0 Å². The lowest BCUT2D eigenvalue weighted by atomic mass is 10.1. The van der Waals surface area contributed by atoms with Crippen LogP contribution in [0.3, 0.4) is 0 Å².